The van der Waals surface area contributed by atoms with Crippen molar-refractivity contribution in [3.63, 3.8) is 0 Å². The molecule has 0 saturated carbocycles. The van der Waals surface area contributed by atoms with Crippen molar-refractivity contribution >= 4 is 11.9 Å². The smallest absolute Gasteiger partial charge is 0.322 e. The minimum atomic E-state index is -0.0527. The number of nitrogens with one attached hydrogen (secondary N) is 1. The first-order valence-corrected chi connectivity index (χ1v) is 5.19. The molecular formula is C9H17N5O3. The normalized spacial score (nSPS) is 10.1. The summed E-state index contributed by atoms with van der Waals surface area (Å²) < 4.78 is 4.95. The van der Waals surface area contributed by atoms with Crippen molar-refractivity contribution < 1.29 is 14.9 Å². The van der Waals surface area contributed by atoms with Gasteiger partial charge >= 0.3 is 6.01 Å². The number of rotatable bonds is 7. The lowest BCUT2D eigenvalue weighted by Crippen LogP contribution is -2.31. The number of hydrogen-bond donors (Lipinski definition) is 3. The number of aliphatic hydroxyl groups excluding tert-OH is 2. The summed E-state index contributed by atoms with van der Waals surface area (Å²) in [7, 11) is 3.14. The molecule has 1 rings (SSSR count). The third kappa shape index (κ3) is 3.68. The summed E-state index contributed by atoms with van der Waals surface area (Å²) in [4.78, 5) is 13.8. The number of nitrogens with zero attached hydrogens (tertiary/aromatic N) is 4. The highest BCUT2D eigenvalue weighted by atomic mass is 16.5. The summed E-state index contributed by atoms with van der Waals surface area (Å²) in [6.45, 7) is 0.555. The zero-order valence-electron chi connectivity index (χ0n) is 9.92. The Hall–Kier alpha value is -1.67. The Morgan fingerprint density at radius 3 is 2.29 bits per heavy atom. The Labute approximate surface area is 99.3 Å². The van der Waals surface area contributed by atoms with Gasteiger partial charge in [0.25, 0.3) is 0 Å². The van der Waals surface area contributed by atoms with E-state index in [1.807, 2.05) is 0 Å². The fourth-order valence-electron chi connectivity index (χ4n) is 1.24. The van der Waals surface area contributed by atoms with Crippen LogP contribution in [-0.2, 0) is 0 Å². The highest BCUT2D eigenvalue weighted by molar-refractivity contribution is 5.37. The van der Waals surface area contributed by atoms with E-state index >= 15 is 0 Å². The molecule has 1 aromatic rings. The van der Waals surface area contributed by atoms with Gasteiger partial charge in [0.15, 0.2) is 0 Å². The molecule has 0 fully saturated rings. The Bertz CT molecular complexity index is 321. The molecule has 8 heteroatoms. The maximum absolute atomic E-state index is 8.94. The second-order valence-corrected chi connectivity index (χ2v) is 3.13. The van der Waals surface area contributed by atoms with Crippen LogP contribution < -0.4 is 15.0 Å². The molecule has 96 valence electrons. The van der Waals surface area contributed by atoms with Gasteiger partial charge in [-0.2, -0.15) is 15.0 Å². The molecule has 0 aliphatic heterocycles. The maximum Gasteiger partial charge on any atom is 0.322 e. The lowest BCUT2D eigenvalue weighted by atomic mass is 10.5. The van der Waals surface area contributed by atoms with Crippen LogP contribution in [0.15, 0.2) is 0 Å². The lowest BCUT2D eigenvalue weighted by Gasteiger charge is -2.20. The number of methoxy groups -OCH3 is 1. The molecule has 1 heterocycles. The van der Waals surface area contributed by atoms with Crippen molar-refractivity contribution in [3.8, 4) is 6.01 Å². The molecule has 0 unspecified atom stereocenters. The number of aromatic nitrogens is 3. The molecule has 17 heavy (non-hydrogen) atoms. The van der Waals surface area contributed by atoms with Crippen LogP contribution in [0, 0.1) is 0 Å². The van der Waals surface area contributed by atoms with Gasteiger partial charge in [0.2, 0.25) is 11.9 Å². The first-order chi connectivity index (χ1) is 8.24. The molecule has 8 nitrogen and oxygen atoms in total. The van der Waals surface area contributed by atoms with Gasteiger partial charge in [0.1, 0.15) is 0 Å². The van der Waals surface area contributed by atoms with E-state index in [4.69, 9.17) is 14.9 Å². The van der Waals surface area contributed by atoms with Crippen LogP contribution in [0.25, 0.3) is 0 Å². The predicted molar refractivity (Wildman–Crippen MR) is 62.3 cm³/mol. The van der Waals surface area contributed by atoms with Crippen molar-refractivity contribution in [2.45, 2.75) is 0 Å². The lowest BCUT2D eigenvalue weighted by molar-refractivity contribution is 0.279. The van der Waals surface area contributed by atoms with E-state index in [1.54, 1.807) is 11.9 Å². The Kier molecular flexibility index (Phi) is 5.37. The fraction of sp³-hybridized carbons (Fsp3) is 0.667. The molecule has 3 N–H and O–H groups in total. The maximum atomic E-state index is 8.94. The minimum absolute atomic E-state index is 0.0527. The molecule has 0 saturated heterocycles. The van der Waals surface area contributed by atoms with Gasteiger partial charge in [-0.15, -0.1) is 0 Å². The standard InChI is InChI=1S/C9H17N5O3/c1-10-7-11-8(13-9(12-7)17-2)14(3-5-15)4-6-16/h15-16H,3-6H2,1-2H3,(H,10,11,12,13). The average Bonchev–Trinajstić information content (AvgIpc) is 2.37. The fourth-order valence-corrected chi connectivity index (χ4v) is 1.24. The second-order valence-electron chi connectivity index (χ2n) is 3.13. The summed E-state index contributed by atoms with van der Waals surface area (Å²) in [5, 5.41) is 20.7. The third-order valence-corrected chi connectivity index (χ3v) is 2.03. The molecule has 1 aromatic heterocycles. The summed E-state index contributed by atoms with van der Waals surface area (Å²) in [5.74, 6) is 0.719. The van der Waals surface area contributed by atoms with E-state index in [0.717, 1.165) is 0 Å². The van der Waals surface area contributed by atoms with Crippen LogP contribution in [0.1, 0.15) is 0 Å². The van der Waals surface area contributed by atoms with Crippen LogP contribution in [-0.4, -0.2) is 65.6 Å². The van der Waals surface area contributed by atoms with Gasteiger partial charge < -0.3 is 25.2 Å². The number of hydrogen-bond acceptors (Lipinski definition) is 8. The highest BCUT2D eigenvalue weighted by Crippen LogP contribution is 2.13. The Balaban J connectivity index is 2.99. The van der Waals surface area contributed by atoms with Crippen molar-refractivity contribution in [1.82, 2.24) is 15.0 Å². The topological polar surface area (TPSA) is 104 Å². The quantitative estimate of drug-likeness (QED) is 0.543. The summed E-state index contributed by atoms with van der Waals surface area (Å²) in [5.41, 5.74) is 0. The first-order valence-electron chi connectivity index (χ1n) is 5.19. The van der Waals surface area contributed by atoms with Crippen LogP contribution >= 0.6 is 0 Å². The molecule has 0 amide bonds. The van der Waals surface area contributed by atoms with E-state index < -0.39 is 0 Å². The Morgan fingerprint density at radius 2 is 1.82 bits per heavy atom. The van der Waals surface area contributed by atoms with Gasteiger partial charge in [-0.1, -0.05) is 0 Å². The molecule has 0 atom stereocenters. The van der Waals surface area contributed by atoms with Gasteiger partial charge in [-0.05, 0) is 0 Å². The minimum Gasteiger partial charge on any atom is -0.467 e. The summed E-state index contributed by atoms with van der Waals surface area (Å²) in [6.07, 6.45) is 0. The van der Waals surface area contributed by atoms with Gasteiger partial charge in [0.05, 0.1) is 20.3 Å². The van der Waals surface area contributed by atoms with Crippen LogP contribution in [0.4, 0.5) is 11.9 Å². The molecule has 0 aliphatic carbocycles. The van der Waals surface area contributed by atoms with Gasteiger partial charge in [0, 0.05) is 20.1 Å². The summed E-state index contributed by atoms with van der Waals surface area (Å²) in [6, 6.07) is 0.181. The van der Waals surface area contributed by atoms with E-state index in [1.165, 1.54) is 7.11 Å². The van der Waals surface area contributed by atoms with E-state index in [9.17, 15) is 0 Å². The van der Waals surface area contributed by atoms with Crippen molar-refractivity contribution in [2.75, 3.05) is 50.7 Å². The van der Waals surface area contributed by atoms with Crippen molar-refractivity contribution in [3.05, 3.63) is 0 Å². The van der Waals surface area contributed by atoms with Crippen LogP contribution in [0.5, 0.6) is 6.01 Å². The molecule has 0 spiro atoms. The Morgan fingerprint density at radius 1 is 1.18 bits per heavy atom. The van der Waals surface area contributed by atoms with E-state index in [0.29, 0.717) is 25.0 Å². The van der Waals surface area contributed by atoms with Gasteiger partial charge in [-0.25, -0.2) is 0 Å². The molecule has 0 radical (unpaired) electrons. The summed E-state index contributed by atoms with van der Waals surface area (Å²) >= 11 is 0. The van der Waals surface area contributed by atoms with Crippen LogP contribution in [0.3, 0.4) is 0 Å². The molecule has 0 aromatic carbocycles. The van der Waals surface area contributed by atoms with Crippen molar-refractivity contribution in [1.29, 1.82) is 0 Å². The van der Waals surface area contributed by atoms with E-state index in [2.05, 4.69) is 20.3 Å². The number of ether oxygens (including phenoxy) is 1. The molecule has 0 bridgehead atoms. The number of anilines is 2. The highest BCUT2D eigenvalue weighted by Gasteiger charge is 2.12. The zero-order valence-corrected chi connectivity index (χ0v) is 9.92. The first kappa shape index (κ1) is 13.4. The van der Waals surface area contributed by atoms with Crippen molar-refractivity contribution in [2.24, 2.45) is 0 Å². The largest absolute Gasteiger partial charge is 0.467 e. The molecular weight excluding hydrogens is 226 g/mol. The number of aliphatic hydroxyl groups is 2. The zero-order chi connectivity index (χ0) is 12.7. The SMILES string of the molecule is CNc1nc(OC)nc(N(CCO)CCO)n1. The van der Waals surface area contributed by atoms with Gasteiger partial charge in [-0.3, -0.25) is 0 Å². The monoisotopic (exact) mass is 243 g/mol. The predicted octanol–water partition coefficient (Wildman–Crippen LogP) is -1.29. The average molecular weight is 243 g/mol. The molecule has 0 aliphatic rings. The van der Waals surface area contributed by atoms with Crippen LogP contribution in [0.2, 0.25) is 0 Å². The van der Waals surface area contributed by atoms with E-state index in [-0.39, 0.29) is 19.2 Å². The second kappa shape index (κ2) is 6.81. The third-order valence-electron chi connectivity index (χ3n) is 2.03.